The van der Waals surface area contributed by atoms with Crippen molar-refractivity contribution in [1.82, 2.24) is 19.9 Å². The molecule has 0 saturated heterocycles. The molecule has 150 valence electrons. The van der Waals surface area contributed by atoms with Crippen LogP contribution in [-0.4, -0.2) is 33.0 Å². The van der Waals surface area contributed by atoms with Crippen LogP contribution in [0.4, 0.5) is 0 Å². The Hall–Kier alpha value is -3.93. The molecule has 8 bridgehead atoms. The highest BCUT2D eigenvalue weighted by molar-refractivity contribution is 5.70. The first-order valence-electron chi connectivity index (χ1n) is 9.89. The highest BCUT2D eigenvalue weighted by Gasteiger charge is 2.09. The third kappa shape index (κ3) is 3.80. The van der Waals surface area contributed by atoms with E-state index >= 15 is 0 Å². The van der Waals surface area contributed by atoms with Gasteiger partial charge in [0.2, 0.25) is 0 Å². The molecule has 4 aromatic heterocycles. The topological polar surface area (TPSA) is 89.5 Å². The lowest BCUT2D eigenvalue weighted by atomic mass is 10.1. The molecule has 0 aromatic carbocycles. The molecule has 1 aliphatic heterocycles. The van der Waals surface area contributed by atoms with Gasteiger partial charge in [-0.3, -0.25) is 4.79 Å². The maximum Gasteiger partial charge on any atom is 0.305 e. The Bertz CT molecular complexity index is 1460. The summed E-state index contributed by atoms with van der Waals surface area (Å²) in [4.78, 5) is 25.4. The summed E-state index contributed by atoms with van der Waals surface area (Å²) in [5, 5.41) is 4.02. The molecule has 6 nitrogen and oxygen atoms in total. The fourth-order valence-corrected chi connectivity index (χ4v) is 3.74. The standard InChI is InChI=1S/C24H22N4O2/c1-30-24(29)9-2-15-10-22-13-20-6-5-18(26-20)11-16-3-4-17(25-16)12-19-7-8-21(27-19)14-23(15)28-22/h3-8,10-14,25-28H,2,9H2,1H3. The summed E-state index contributed by atoms with van der Waals surface area (Å²) in [5.74, 6) is -0.211. The number of methoxy groups -OCH3 is 1. The highest BCUT2D eigenvalue weighted by atomic mass is 16.5. The van der Waals surface area contributed by atoms with Crippen molar-refractivity contribution < 1.29 is 9.53 Å². The van der Waals surface area contributed by atoms with Gasteiger partial charge in [-0.1, -0.05) is 0 Å². The normalized spacial score (nSPS) is 12.3. The van der Waals surface area contributed by atoms with Crippen LogP contribution in [0.15, 0.2) is 42.5 Å². The number of carbonyl (C=O) groups is 1. The lowest BCUT2D eigenvalue weighted by Crippen LogP contribution is -2.10. The average Bonchev–Trinajstić information content (AvgIpc) is 3.51. The molecule has 0 spiro atoms. The number of ether oxygens (including phenoxy) is 1. The van der Waals surface area contributed by atoms with Gasteiger partial charge in [-0.05, 0) is 78.8 Å². The SMILES string of the molecule is COC(=O)CCc1cc2[nH]c1C=c1ccc([nH]1)=Cc1ccc([nH]1)C=c1ccc([nH]1)=C2. The van der Waals surface area contributed by atoms with Crippen LogP contribution < -0.4 is 21.4 Å². The maximum absolute atomic E-state index is 11.6. The summed E-state index contributed by atoms with van der Waals surface area (Å²) in [6.07, 6.45) is 9.24. The van der Waals surface area contributed by atoms with Gasteiger partial charge in [-0.25, -0.2) is 0 Å². The second-order valence-electron chi connectivity index (χ2n) is 7.42. The zero-order valence-electron chi connectivity index (χ0n) is 16.6. The van der Waals surface area contributed by atoms with Crippen molar-refractivity contribution in [2.75, 3.05) is 7.11 Å². The average molecular weight is 398 g/mol. The van der Waals surface area contributed by atoms with Gasteiger partial charge >= 0.3 is 5.97 Å². The van der Waals surface area contributed by atoms with Gasteiger partial charge in [0, 0.05) is 50.6 Å². The van der Waals surface area contributed by atoms with Crippen molar-refractivity contribution in [3.05, 3.63) is 92.2 Å². The van der Waals surface area contributed by atoms with Crippen LogP contribution in [0.2, 0.25) is 0 Å². The lowest BCUT2D eigenvalue weighted by molar-refractivity contribution is -0.140. The van der Waals surface area contributed by atoms with Crippen LogP contribution in [0, 0.1) is 0 Å². The van der Waals surface area contributed by atoms with Crippen molar-refractivity contribution in [2.45, 2.75) is 12.8 Å². The zero-order valence-corrected chi connectivity index (χ0v) is 16.6. The minimum Gasteiger partial charge on any atom is -0.469 e. The lowest BCUT2D eigenvalue weighted by Gasteiger charge is -1.99. The van der Waals surface area contributed by atoms with Gasteiger partial charge in [0.1, 0.15) is 0 Å². The van der Waals surface area contributed by atoms with E-state index < -0.39 is 0 Å². The number of carbonyl (C=O) groups excluding carboxylic acids is 1. The van der Waals surface area contributed by atoms with Crippen LogP contribution in [-0.2, 0) is 16.0 Å². The Morgan fingerprint density at radius 1 is 0.733 bits per heavy atom. The molecule has 0 atom stereocenters. The molecule has 5 rings (SSSR count). The summed E-state index contributed by atoms with van der Waals surface area (Å²) in [6.45, 7) is 0. The molecular weight excluding hydrogens is 376 g/mol. The van der Waals surface area contributed by atoms with E-state index in [1.807, 2.05) is 6.07 Å². The number of hydrogen-bond donors (Lipinski definition) is 4. The summed E-state index contributed by atoms with van der Waals surface area (Å²) >= 11 is 0. The molecular formula is C24H22N4O2. The molecule has 6 heteroatoms. The summed E-state index contributed by atoms with van der Waals surface area (Å²) in [5.41, 5.74) is 5.09. The maximum atomic E-state index is 11.6. The van der Waals surface area contributed by atoms with E-state index in [-0.39, 0.29) is 5.97 Å². The quantitative estimate of drug-likeness (QED) is 0.338. The number of esters is 1. The van der Waals surface area contributed by atoms with Crippen LogP contribution in [0.3, 0.4) is 0 Å². The number of aromatic amines is 4. The van der Waals surface area contributed by atoms with E-state index in [1.54, 1.807) is 0 Å². The van der Waals surface area contributed by atoms with Crippen molar-refractivity contribution in [3.8, 4) is 0 Å². The first-order valence-corrected chi connectivity index (χ1v) is 9.89. The Morgan fingerprint density at radius 2 is 1.30 bits per heavy atom. The molecule has 0 amide bonds. The number of nitrogens with one attached hydrogen (secondary N) is 4. The third-order valence-corrected chi connectivity index (χ3v) is 5.21. The predicted octanol–water partition coefficient (Wildman–Crippen LogP) is 0.733. The molecule has 0 unspecified atom stereocenters. The van der Waals surface area contributed by atoms with Crippen LogP contribution >= 0.6 is 0 Å². The smallest absolute Gasteiger partial charge is 0.305 e. The Kier molecular flexibility index (Phi) is 4.52. The fourth-order valence-electron chi connectivity index (χ4n) is 3.74. The van der Waals surface area contributed by atoms with Gasteiger partial charge in [0.25, 0.3) is 0 Å². The van der Waals surface area contributed by atoms with Gasteiger partial charge in [-0.2, -0.15) is 0 Å². The second-order valence-corrected chi connectivity index (χ2v) is 7.42. The monoisotopic (exact) mass is 398 g/mol. The van der Waals surface area contributed by atoms with E-state index in [2.05, 4.69) is 80.6 Å². The molecule has 4 N–H and O–H groups in total. The minimum absolute atomic E-state index is 0.211. The fraction of sp³-hybridized carbons (Fsp3) is 0.125. The van der Waals surface area contributed by atoms with E-state index in [0.717, 1.165) is 49.7 Å². The first kappa shape index (κ1) is 18.1. The Morgan fingerprint density at radius 3 is 1.90 bits per heavy atom. The van der Waals surface area contributed by atoms with Gasteiger partial charge < -0.3 is 24.7 Å². The molecule has 1 aliphatic rings. The van der Waals surface area contributed by atoms with E-state index in [4.69, 9.17) is 4.74 Å². The molecule has 30 heavy (non-hydrogen) atoms. The number of aryl methyl sites for hydroxylation is 1. The Balaban J connectivity index is 1.68. The third-order valence-electron chi connectivity index (χ3n) is 5.21. The van der Waals surface area contributed by atoms with Crippen molar-refractivity contribution in [1.29, 1.82) is 0 Å². The molecule has 4 aromatic rings. The molecule has 0 radical (unpaired) electrons. The zero-order chi connectivity index (χ0) is 20.5. The van der Waals surface area contributed by atoms with E-state index in [9.17, 15) is 4.79 Å². The summed E-state index contributed by atoms with van der Waals surface area (Å²) < 4.78 is 4.81. The number of hydrogen-bond acceptors (Lipinski definition) is 2. The van der Waals surface area contributed by atoms with Crippen molar-refractivity contribution in [2.24, 2.45) is 0 Å². The molecule has 0 aliphatic carbocycles. The first-order chi connectivity index (χ1) is 14.6. The van der Waals surface area contributed by atoms with E-state index in [0.29, 0.717) is 12.8 Å². The highest BCUT2D eigenvalue weighted by Crippen LogP contribution is 2.15. The largest absolute Gasteiger partial charge is 0.469 e. The molecule has 5 heterocycles. The number of rotatable bonds is 3. The van der Waals surface area contributed by atoms with Gasteiger partial charge in [0.05, 0.1) is 7.11 Å². The molecule has 0 saturated carbocycles. The number of H-pyrrole nitrogens is 4. The summed E-state index contributed by atoms with van der Waals surface area (Å²) in [6, 6.07) is 14.4. The summed E-state index contributed by atoms with van der Waals surface area (Å²) in [7, 11) is 1.42. The van der Waals surface area contributed by atoms with Gasteiger partial charge in [0.15, 0.2) is 0 Å². The molecule has 0 fully saturated rings. The van der Waals surface area contributed by atoms with Crippen LogP contribution in [0.5, 0.6) is 0 Å². The number of fused-ring (bicyclic) bond motifs is 8. The predicted molar refractivity (Wildman–Crippen MR) is 116 cm³/mol. The van der Waals surface area contributed by atoms with Gasteiger partial charge in [-0.15, -0.1) is 0 Å². The Labute approximate surface area is 172 Å². The van der Waals surface area contributed by atoms with Crippen LogP contribution in [0.25, 0.3) is 24.3 Å². The number of aromatic nitrogens is 4. The van der Waals surface area contributed by atoms with Crippen molar-refractivity contribution in [3.63, 3.8) is 0 Å². The minimum atomic E-state index is -0.211. The van der Waals surface area contributed by atoms with E-state index in [1.165, 1.54) is 7.11 Å². The second kappa shape index (κ2) is 7.48. The van der Waals surface area contributed by atoms with Crippen molar-refractivity contribution >= 4 is 30.3 Å². The van der Waals surface area contributed by atoms with Crippen LogP contribution in [0.1, 0.15) is 34.8 Å².